The lowest BCUT2D eigenvalue weighted by atomic mass is 9.98. The molecule has 1 amide bonds. The van der Waals surface area contributed by atoms with Gasteiger partial charge in [-0.25, -0.2) is 4.98 Å². The second-order valence-electron chi connectivity index (χ2n) is 8.21. The fraction of sp³-hybridized carbons (Fsp3) is 0.478. The van der Waals surface area contributed by atoms with Gasteiger partial charge in [0.2, 0.25) is 5.91 Å². The van der Waals surface area contributed by atoms with Crippen LogP contribution < -0.4 is 15.0 Å². The Hall–Kier alpha value is -2.85. The van der Waals surface area contributed by atoms with Crippen molar-refractivity contribution in [3.63, 3.8) is 0 Å². The number of nitrogens with zero attached hydrogens (tertiary/aromatic N) is 3. The van der Waals surface area contributed by atoms with Crippen LogP contribution in [-0.4, -0.2) is 62.2 Å². The highest BCUT2D eigenvalue weighted by Crippen LogP contribution is 2.35. The normalized spacial score (nSPS) is 17.5. The third-order valence-corrected chi connectivity index (χ3v) is 5.84. The van der Waals surface area contributed by atoms with Gasteiger partial charge in [0.15, 0.2) is 5.69 Å². The van der Waals surface area contributed by atoms with E-state index in [0.29, 0.717) is 32.1 Å². The zero-order valence-corrected chi connectivity index (χ0v) is 18.4. The molecule has 0 saturated carbocycles. The lowest BCUT2D eigenvalue weighted by molar-refractivity contribution is -0.140. The van der Waals surface area contributed by atoms with Crippen LogP contribution in [0.15, 0.2) is 36.4 Å². The van der Waals surface area contributed by atoms with Gasteiger partial charge in [0.1, 0.15) is 12.4 Å². The Labute approximate surface area is 190 Å². The second kappa shape index (κ2) is 9.96. The summed E-state index contributed by atoms with van der Waals surface area (Å²) in [5.41, 5.74) is 0.461. The van der Waals surface area contributed by atoms with Crippen molar-refractivity contribution in [2.45, 2.75) is 19.3 Å². The van der Waals surface area contributed by atoms with Crippen LogP contribution in [0, 0.1) is 5.92 Å². The Kier molecular flexibility index (Phi) is 7.04. The molecular formula is C23H27F3N4O3. The van der Waals surface area contributed by atoms with Gasteiger partial charge in [-0.1, -0.05) is 12.1 Å². The standard InChI is InChI=1S/C23H27F3N4O3/c1-27-22(31)17-13-29(14-17)12-16-2-5-19(6-3-16)33-15-18-4-7-20(21(28-18)23(24,25)26)30-8-10-32-11-9-30/h2-7,17H,8-15H2,1H3,(H,27,31). The molecule has 2 aliphatic heterocycles. The summed E-state index contributed by atoms with van der Waals surface area (Å²) < 4.78 is 51.8. The average Bonchev–Trinajstić information content (AvgIpc) is 2.80. The summed E-state index contributed by atoms with van der Waals surface area (Å²) in [6, 6.07) is 10.4. The summed E-state index contributed by atoms with van der Waals surface area (Å²) in [4.78, 5) is 19.3. The van der Waals surface area contributed by atoms with E-state index in [4.69, 9.17) is 9.47 Å². The smallest absolute Gasteiger partial charge is 0.435 e. The Balaban J connectivity index is 1.34. The highest BCUT2D eigenvalue weighted by molar-refractivity contribution is 5.79. The van der Waals surface area contributed by atoms with Crippen molar-refractivity contribution < 1.29 is 27.4 Å². The SMILES string of the molecule is CNC(=O)C1CN(Cc2ccc(OCc3ccc(N4CCOCC4)c(C(F)(F)F)n3)cc2)C1. The number of alkyl halides is 3. The van der Waals surface area contributed by atoms with E-state index >= 15 is 0 Å². The summed E-state index contributed by atoms with van der Waals surface area (Å²) in [7, 11) is 1.64. The molecule has 2 aromatic rings. The number of carbonyl (C=O) groups excluding carboxylic acids is 1. The van der Waals surface area contributed by atoms with Crippen molar-refractivity contribution in [2.24, 2.45) is 5.92 Å². The number of likely N-dealkylation sites (tertiary alicyclic amines) is 1. The summed E-state index contributed by atoms with van der Waals surface area (Å²) in [6.07, 6.45) is -4.56. The van der Waals surface area contributed by atoms with Gasteiger partial charge in [-0.05, 0) is 29.8 Å². The number of ether oxygens (including phenoxy) is 2. The van der Waals surface area contributed by atoms with Crippen molar-refractivity contribution in [2.75, 3.05) is 51.3 Å². The van der Waals surface area contributed by atoms with Gasteiger partial charge in [-0.15, -0.1) is 0 Å². The van der Waals surface area contributed by atoms with Crippen LogP contribution in [0.5, 0.6) is 5.75 Å². The topological polar surface area (TPSA) is 66.9 Å². The van der Waals surface area contributed by atoms with E-state index in [9.17, 15) is 18.0 Å². The maximum absolute atomic E-state index is 13.6. The highest BCUT2D eigenvalue weighted by atomic mass is 19.4. The molecule has 1 aromatic heterocycles. The molecule has 10 heteroatoms. The Morgan fingerprint density at radius 3 is 2.48 bits per heavy atom. The molecule has 0 bridgehead atoms. The molecule has 0 spiro atoms. The Morgan fingerprint density at radius 2 is 1.85 bits per heavy atom. The van der Waals surface area contributed by atoms with E-state index in [1.165, 1.54) is 6.07 Å². The first-order valence-corrected chi connectivity index (χ1v) is 10.9. The number of nitrogens with one attached hydrogen (secondary N) is 1. The number of benzene rings is 1. The van der Waals surface area contributed by atoms with E-state index < -0.39 is 11.9 Å². The quantitative estimate of drug-likeness (QED) is 0.680. The van der Waals surface area contributed by atoms with Crippen LogP contribution >= 0.6 is 0 Å². The van der Waals surface area contributed by atoms with Gasteiger partial charge in [0, 0.05) is 39.8 Å². The first kappa shape index (κ1) is 23.3. The van der Waals surface area contributed by atoms with Gasteiger partial charge >= 0.3 is 6.18 Å². The summed E-state index contributed by atoms with van der Waals surface area (Å²) >= 11 is 0. The van der Waals surface area contributed by atoms with Crippen LogP contribution in [0.2, 0.25) is 0 Å². The Bertz CT molecular complexity index is 956. The molecule has 0 radical (unpaired) electrons. The van der Waals surface area contributed by atoms with Gasteiger partial charge in [0.05, 0.1) is 30.5 Å². The fourth-order valence-electron chi connectivity index (χ4n) is 4.02. The molecule has 0 unspecified atom stereocenters. The average molecular weight is 464 g/mol. The monoisotopic (exact) mass is 464 g/mol. The molecule has 1 aromatic carbocycles. The minimum Gasteiger partial charge on any atom is -0.487 e. The molecular weight excluding hydrogens is 437 g/mol. The number of rotatable bonds is 7. The minimum absolute atomic E-state index is 0.0429. The van der Waals surface area contributed by atoms with E-state index in [1.807, 2.05) is 12.1 Å². The predicted molar refractivity (Wildman–Crippen MR) is 116 cm³/mol. The van der Waals surface area contributed by atoms with Crippen molar-refractivity contribution in [1.29, 1.82) is 0 Å². The molecule has 0 atom stereocenters. The maximum atomic E-state index is 13.6. The third kappa shape index (κ3) is 5.75. The largest absolute Gasteiger partial charge is 0.487 e. The van der Waals surface area contributed by atoms with Crippen molar-refractivity contribution >= 4 is 11.6 Å². The van der Waals surface area contributed by atoms with Crippen molar-refractivity contribution in [1.82, 2.24) is 15.2 Å². The van der Waals surface area contributed by atoms with Crippen LogP contribution in [0.3, 0.4) is 0 Å². The molecule has 1 N–H and O–H groups in total. The van der Waals surface area contributed by atoms with Crippen molar-refractivity contribution in [3.05, 3.63) is 53.3 Å². The molecule has 178 valence electrons. The number of hydrogen-bond donors (Lipinski definition) is 1. The lowest BCUT2D eigenvalue weighted by Crippen LogP contribution is -2.52. The molecule has 7 nitrogen and oxygen atoms in total. The zero-order chi connectivity index (χ0) is 23.4. The number of halogens is 3. The molecule has 0 aliphatic carbocycles. The number of anilines is 1. The Morgan fingerprint density at radius 1 is 1.15 bits per heavy atom. The molecule has 4 rings (SSSR count). The second-order valence-corrected chi connectivity index (χ2v) is 8.21. The highest BCUT2D eigenvalue weighted by Gasteiger charge is 2.37. The van der Waals surface area contributed by atoms with Crippen LogP contribution in [0.1, 0.15) is 17.0 Å². The van der Waals surface area contributed by atoms with Gasteiger partial charge in [0.25, 0.3) is 0 Å². The molecule has 2 saturated heterocycles. The molecule has 2 fully saturated rings. The zero-order valence-electron chi connectivity index (χ0n) is 18.4. The molecule has 33 heavy (non-hydrogen) atoms. The first-order valence-electron chi connectivity index (χ1n) is 10.9. The van der Waals surface area contributed by atoms with Crippen molar-refractivity contribution in [3.8, 4) is 5.75 Å². The molecule has 3 heterocycles. The molecule has 2 aliphatic rings. The van der Waals surface area contributed by atoms with E-state index in [1.54, 1.807) is 30.1 Å². The minimum atomic E-state index is -4.56. The lowest BCUT2D eigenvalue weighted by Gasteiger charge is -2.38. The summed E-state index contributed by atoms with van der Waals surface area (Å²) in [5, 5.41) is 2.66. The summed E-state index contributed by atoms with van der Waals surface area (Å²) in [6.45, 7) is 3.71. The number of amides is 1. The van der Waals surface area contributed by atoms with Crippen LogP contribution in [0.25, 0.3) is 0 Å². The van der Waals surface area contributed by atoms with Gasteiger partial charge in [-0.2, -0.15) is 13.2 Å². The van der Waals surface area contributed by atoms with E-state index in [2.05, 4.69) is 15.2 Å². The maximum Gasteiger partial charge on any atom is 0.435 e. The van der Waals surface area contributed by atoms with Gasteiger partial charge < -0.3 is 19.7 Å². The third-order valence-electron chi connectivity index (χ3n) is 5.84. The predicted octanol–water partition coefficient (Wildman–Crippen LogP) is 2.69. The summed E-state index contributed by atoms with van der Waals surface area (Å²) in [5.74, 6) is 0.662. The number of aromatic nitrogens is 1. The number of hydrogen-bond acceptors (Lipinski definition) is 6. The number of carbonyl (C=O) groups is 1. The van der Waals surface area contributed by atoms with Gasteiger partial charge in [-0.3, -0.25) is 9.69 Å². The van der Waals surface area contributed by atoms with Crippen LogP contribution in [-0.2, 0) is 28.9 Å². The number of morpholine rings is 1. The number of pyridine rings is 1. The van der Waals surface area contributed by atoms with E-state index in [-0.39, 0.29) is 29.8 Å². The first-order chi connectivity index (χ1) is 15.8. The van der Waals surface area contributed by atoms with E-state index in [0.717, 1.165) is 25.2 Å². The van der Waals surface area contributed by atoms with Crippen LogP contribution in [0.4, 0.5) is 18.9 Å². The fourth-order valence-corrected chi connectivity index (χ4v) is 4.02.